The Labute approximate surface area is 110 Å². The van der Waals surface area contributed by atoms with Crippen molar-refractivity contribution in [1.29, 1.82) is 0 Å². The van der Waals surface area contributed by atoms with Crippen molar-refractivity contribution in [2.24, 2.45) is 0 Å². The summed E-state index contributed by atoms with van der Waals surface area (Å²) in [6, 6.07) is 4.18. The van der Waals surface area contributed by atoms with E-state index in [0.717, 1.165) is 23.7 Å². The second kappa shape index (κ2) is 6.02. The molecule has 0 bridgehead atoms. The smallest absolute Gasteiger partial charge is 0.133 e. The highest BCUT2D eigenvalue weighted by molar-refractivity contribution is 8.01. The van der Waals surface area contributed by atoms with Crippen LogP contribution in [0.5, 0.6) is 0 Å². The fraction of sp³-hybridized carbons (Fsp3) is 0.333. The van der Waals surface area contributed by atoms with Gasteiger partial charge >= 0.3 is 0 Å². The average molecular weight is 265 g/mol. The van der Waals surface area contributed by atoms with Crippen molar-refractivity contribution in [2.75, 3.05) is 12.4 Å². The van der Waals surface area contributed by atoms with Crippen LogP contribution in [0.1, 0.15) is 18.9 Å². The predicted octanol–water partition coefficient (Wildman–Crippen LogP) is 3.68. The van der Waals surface area contributed by atoms with Crippen molar-refractivity contribution in [3.8, 4) is 0 Å². The second-order valence-corrected chi connectivity index (χ2v) is 5.78. The molecular formula is C12H15N3S2. The molecule has 0 aliphatic carbocycles. The molecule has 0 atom stereocenters. The van der Waals surface area contributed by atoms with E-state index in [2.05, 4.69) is 39.7 Å². The van der Waals surface area contributed by atoms with Crippen LogP contribution < -0.4 is 5.32 Å². The van der Waals surface area contributed by atoms with Gasteiger partial charge in [0.2, 0.25) is 0 Å². The first-order valence-corrected chi connectivity index (χ1v) is 7.27. The van der Waals surface area contributed by atoms with Crippen molar-refractivity contribution < 1.29 is 0 Å². The Kier molecular flexibility index (Phi) is 4.39. The second-order valence-electron chi connectivity index (χ2n) is 3.54. The third kappa shape index (κ3) is 2.98. The summed E-state index contributed by atoms with van der Waals surface area (Å²) in [4.78, 5) is 8.67. The van der Waals surface area contributed by atoms with E-state index in [9.17, 15) is 0 Å². The molecule has 3 nitrogen and oxygen atoms in total. The van der Waals surface area contributed by atoms with E-state index in [4.69, 9.17) is 0 Å². The molecule has 2 heterocycles. The zero-order valence-corrected chi connectivity index (χ0v) is 11.6. The van der Waals surface area contributed by atoms with Crippen LogP contribution in [-0.2, 0) is 6.42 Å². The summed E-state index contributed by atoms with van der Waals surface area (Å²) in [5.41, 5.74) is 1.22. The quantitative estimate of drug-likeness (QED) is 0.837. The van der Waals surface area contributed by atoms with Crippen molar-refractivity contribution >= 4 is 28.9 Å². The van der Waals surface area contributed by atoms with Crippen molar-refractivity contribution in [1.82, 2.24) is 9.97 Å². The summed E-state index contributed by atoms with van der Waals surface area (Å²) in [6.45, 7) is 2.17. The van der Waals surface area contributed by atoms with Gasteiger partial charge in [0.1, 0.15) is 17.2 Å². The standard InChI is InChI=1S/C12H15N3S2/c1-3-5-9-11(13-2)14-8-15-12(9)17-10-6-4-7-16-10/h4,6-8H,3,5H2,1-2H3,(H,13,14,15). The van der Waals surface area contributed by atoms with Gasteiger partial charge in [0.05, 0.1) is 4.21 Å². The maximum Gasteiger partial charge on any atom is 0.133 e. The number of nitrogens with one attached hydrogen (secondary N) is 1. The molecule has 2 aromatic heterocycles. The van der Waals surface area contributed by atoms with E-state index >= 15 is 0 Å². The van der Waals surface area contributed by atoms with Crippen molar-refractivity contribution in [3.63, 3.8) is 0 Å². The van der Waals surface area contributed by atoms with Gasteiger partial charge < -0.3 is 5.32 Å². The summed E-state index contributed by atoms with van der Waals surface area (Å²) in [6.07, 6.45) is 3.73. The lowest BCUT2D eigenvalue weighted by Crippen LogP contribution is -2.02. The highest BCUT2D eigenvalue weighted by atomic mass is 32.2. The lowest BCUT2D eigenvalue weighted by molar-refractivity contribution is 0.859. The Balaban J connectivity index is 2.31. The Hall–Kier alpha value is -1.07. The molecule has 0 fully saturated rings. The monoisotopic (exact) mass is 265 g/mol. The number of thiophene rings is 1. The summed E-state index contributed by atoms with van der Waals surface area (Å²) in [7, 11) is 1.90. The Morgan fingerprint density at radius 2 is 2.29 bits per heavy atom. The first-order valence-electron chi connectivity index (χ1n) is 5.58. The van der Waals surface area contributed by atoms with Crippen LogP contribution in [0.3, 0.4) is 0 Å². The van der Waals surface area contributed by atoms with E-state index in [1.165, 1.54) is 9.77 Å². The molecule has 0 amide bonds. The van der Waals surface area contributed by atoms with Crippen LogP contribution in [0.25, 0.3) is 0 Å². The average Bonchev–Trinajstić information content (AvgIpc) is 2.84. The van der Waals surface area contributed by atoms with Crippen LogP contribution in [-0.4, -0.2) is 17.0 Å². The van der Waals surface area contributed by atoms with Gasteiger partial charge in [0.25, 0.3) is 0 Å². The number of nitrogens with zero attached hydrogens (tertiary/aromatic N) is 2. The molecule has 5 heteroatoms. The Morgan fingerprint density at radius 1 is 1.41 bits per heavy atom. The van der Waals surface area contributed by atoms with Gasteiger partial charge in [-0.2, -0.15) is 0 Å². The first kappa shape index (κ1) is 12.4. The van der Waals surface area contributed by atoms with Crippen LogP contribution >= 0.6 is 23.1 Å². The molecule has 0 aromatic carbocycles. The van der Waals surface area contributed by atoms with Crippen LogP contribution in [0.2, 0.25) is 0 Å². The summed E-state index contributed by atoms with van der Waals surface area (Å²) in [5.74, 6) is 0.945. The Bertz CT molecular complexity index is 469. The van der Waals surface area contributed by atoms with E-state index in [1.54, 1.807) is 29.4 Å². The number of hydrogen-bond donors (Lipinski definition) is 1. The Morgan fingerprint density at radius 3 is 2.94 bits per heavy atom. The highest BCUT2D eigenvalue weighted by Gasteiger charge is 2.11. The van der Waals surface area contributed by atoms with E-state index in [-0.39, 0.29) is 0 Å². The largest absolute Gasteiger partial charge is 0.373 e. The van der Waals surface area contributed by atoms with Crippen LogP contribution in [0, 0.1) is 0 Å². The number of anilines is 1. The van der Waals surface area contributed by atoms with Gasteiger partial charge in [0.15, 0.2) is 0 Å². The third-order valence-electron chi connectivity index (χ3n) is 2.33. The normalized spacial score (nSPS) is 10.5. The maximum absolute atomic E-state index is 4.40. The van der Waals surface area contributed by atoms with Gasteiger partial charge in [-0.05, 0) is 17.9 Å². The first-order chi connectivity index (χ1) is 8.35. The lowest BCUT2D eigenvalue weighted by atomic mass is 10.2. The van der Waals surface area contributed by atoms with Gasteiger partial charge in [-0.3, -0.25) is 0 Å². The molecule has 0 saturated carbocycles. The molecule has 17 heavy (non-hydrogen) atoms. The van der Waals surface area contributed by atoms with Crippen molar-refractivity contribution in [3.05, 3.63) is 29.4 Å². The minimum Gasteiger partial charge on any atom is -0.373 e. The lowest BCUT2D eigenvalue weighted by Gasteiger charge is -2.10. The molecule has 0 radical (unpaired) electrons. The summed E-state index contributed by atoms with van der Waals surface area (Å²) < 4.78 is 1.27. The van der Waals surface area contributed by atoms with E-state index < -0.39 is 0 Å². The molecule has 0 saturated heterocycles. The molecule has 1 N–H and O–H groups in total. The maximum atomic E-state index is 4.40. The SMILES string of the molecule is CCCc1c(NC)ncnc1Sc1cccs1. The van der Waals surface area contributed by atoms with Gasteiger partial charge in [-0.25, -0.2) is 9.97 Å². The highest BCUT2D eigenvalue weighted by Crippen LogP contribution is 2.34. The minimum absolute atomic E-state index is 0.945. The van der Waals surface area contributed by atoms with E-state index in [0.29, 0.717) is 0 Å². The third-order valence-corrected chi connectivity index (χ3v) is 4.42. The van der Waals surface area contributed by atoms with E-state index in [1.807, 2.05) is 7.05 Å². The van der Waals surface area contributed by atoms with Gasteiger partial charge in [-0.15, -0.1) is 11.3 Å². The molecule has 2 rings (SSSR count). The molecule has 0 unspecified atom stereocenters. The summed E-state index contributed by atoms with van der Waals surface area (Å²) in [5, 5.41) is 6.29. The molecule has 0 aliphatic heterocycles. The number of aromatic nitrogens is 2. The van der Waals surface area contributed by atoms with Gasteiger partial charge in [0, 0.05) is 12.6 Å². The minimum atomic E-state index is 0.945. The number of rotatable bonds is 5. The predicted molar refractivity (Wildman–Crippen MR) is 74.0 cm³/mol. The van der Waals surface area contributed by atoms with Crippen molar-refractivity contribution in [2.45, 2.75) is 29.0 Å². The number of hydrogen-bond acceptors (Lipinski definition) is 5. The fourth-order valence-corrected chi connectivity index (χ4v) is 3.39. The molecule has 0 aliphatic rings. The van der Waals surface area contributed by atoms with Crippen LogP contribution in [0.4, 0.5) is 5.82 Å². The fourth-order valence-electron chi connectivity index (χ4n) is 1.59. The van der Waals surface area contributed by atoms with Crippen LogP contribution in [0.15, 0.2) is 33.1 Å². The molecule has 2 aromatic rings. The zero-order chi connectivity index (χ0) is 12.1. The molecular weight excluding hydrogens is 250 g/mol. The summed E-state index contributed by atoms with van der Waals surface area (Å²) >= 11 is 3.46. The zero-order valence-electron chi connectivity index (χ0n) is 9.93. The molecule has 90 valence electrons. The molecule has 0 spiro atoms. The topological polar surface area (TPSA) is 37.8 Å². The van der Waals surface area contributed by atoms with Gasteiger partial charge in [-0.1, -0.05) is 31.2 Å².